The first-order valence-electron chi connectivity index (χ1n) is 8.36. The first-order valence-corrected chi connectivity index (χ1v) is 9.94. The van der Waals surface area contributed by atoms with Crippen LogP contribution in [-0.2, 0) is 6.61 Å². The Balaban J connectivity index is 1.60. The Hall–Kier alpha value is -2.41. The number of benzene rings is 2. The summed E-state index contributed by atoms with van der Waals surface area (Å²) in [6.07, 6.45) is 1.56. The lowest BCUT2D eigenvalue weighted by Crippen LogP contribution is -2.17. The van der Waals surface area contributed by atoms with E-state index in [1.54, 1.807) is 25.3 Å². The van der Waals surface area contributed by atoms with Gasteiger partial charge in [0, 0.05) is 15.6 Å². The summed E-state index contributed by atoms with van der Waals surface area (Å²) in [7, 11) is 0. The second-order valence-electron chi connectivity index (χ2n) is 5.94. The van der Waals surface area contributed by atoms with Gasteiger partial charge in [-0.3, -0.25) is 4.79 Å². The highest BCUT2D eigenvalue weighted by molar-refractivity contribution is 7.13. The smallest absolute Gasteiger partial charge is 0.283 e. The molecule has 0 aliphatic carbocycles. The second kappa shape index (κ2) is 9.19. The molecule has 0 saturated heterocycles. The van der Waals surface area contributed by atoms with Gasteiger partial charge < -0.3 is 4.74 Å². The van der Waals surface area contributed by atoms with Crippen molar-refractivity contribution >= 4 is 46.7 Å². The lowest BCUT2D eigenvalue weighted by Gasteiger charge is -2.08. The summed E-state index contributed by atoms with van der Waals surface area (Å²) in [5, 5.41) is 6.00. The van der Waals surface area contributed by atoms with Gasteiger partial charge in [0.25, 0.3) is 5.91 Å². The molecule has 0 bridgehead atoms. The van der Waals surface area contributed by atoms with Crippen molar-refractivity contribution in [2.75, 3.05) is 0 Å². The molecule has 0 aliphatic heterocycles. The summed E-state index contributed by atoms with van der Waals surface area (Å²) in [6.45, 7) is 3.98. The zero-order valence-electron chi connectivity index (χ0n) is 15.2. The van der Waals surface area contributed by atoms with Gasteiger partial charge in [-0.1, -0.05) is 41.4 Å². The van der Waals surface area contributed by atoms with Crippen molar-refractivity contribution in [1.29, 1.82) is 0 Å². The molecular weight excluding hydrogens is 417 g/mol. The Labute approximate surface area is 177 Å². The van der Waals surface area contributed by atoms with E-state index in [0.29, 0.717) is 33.0 Å². The number of carbonyl (C=O) groups is 1. The average Bonchev–Trinajstić information content (AvgIpc) is 2.99. The van der Waals surface area contributed by atoms with Crippen molar-refractivity contribution in [2.24, 2.45) is 5.10 Å². The van der Waals surface area contributed by atoms with Gasteiger partial charge in [-0.15, -0.1) is 11.3 Å². The van der Waals surface area contributed by atoms with Gasteiger partial charge in [-0.05, 0) is 43.7 Å². The van der Waals surface area contributed by atoms with E-state index in [4.69, 9.17) is 27.9 Å². The third kappa shape index (κ3) is 5.32. The maximum absolute atomic E-state index is 12.2. The quantitative estimate of drug-likeness (QED) is 0.417. The molecule has 3 rings (SSSR count). The van der Waals surface area contributed by atoms with Crippen molar-refractivity contribution in [3.8, 4) is 5.75 Å². The van der Waals surface area contributed by atoms with E-state index >= 15 is 0 Å². The van der Waals surface area contributed by atoms with Crippen LogP contribution in [0.3, 0.4) is 0 Å². The Bertz CT molecular complexity index is 1030. The molecule has 2 aromatic carbocycles. The predicted molar refractivity (Wildman–Crippen MR) is 114 cm³/mol. The molecule has 1 aromatic heterocycles. The van der Waals surface area contributed by atoms with E-state index in [0.717, 1.165) is 16.1 Å². The van der Waals surface area contributed by atoms with Crippen LogP contribution < -0.4 is 10.2 Å². The number of thiazole rings is 1. The van der Waals surface area contributed by atoms with Crippen LogP contribution in [0.1, 0.15) is 31.5 Å². The van der Waals surface area contributed by atoms with Gasteiger partial charge in [0.1, 0.15) is 17.2 Å². The highest BCUT2D eigenvalue weighted by Gasteiger charge is 2.12. The van der Waals surface area contributed by atoms with Crippen LogP contribution >= 0.6 is 34.5 Å². The van der Waals surface area contributed by atoms with Crippen molar-refractivity contribution in [3.05, 3.63) is 79.2 Å². The number of aryl methyl sites for hydroxylation is 2. The highest BCUT2D eigenvalue weighted by Crippen LogP contribution is 2.23. The van der Waals surface area contributed by atoms with Crippen LogP contribution in [0.4, 0.5) is 0 Å². The molecule has 8 heteroatoms. The van der Waals surface area contributed by atoms with Crippen LogP contribution in [0, 0.1) is 13.8 Å². The highest BCUT2D eigenvalue weighted by atomic mass is 35.5. The van der Waals surface area contributed by atoms with Crippen molar-refractivity contribution in [1.82, 2.24) is 10.4 Å². The molecule has 0 fully saturated rings. The first kappa shape index (κ1) is 20.3. The number of halogens is 2. The topological polar surface area (TPSA) is 63.6 Å². The average molecular weight is 434 g/mol. The van der Waals surface area contributed by atoms with Crippen LogP contribution in [0.5, 0.6) is 5.75 Å². The largest absolute Gasteiger partial charge is 0.489 e. The van der Waals surface area contributed by atoms with Gasteiger partial charge in [0.15, 0.2) is 0 Å². The van der Waals surface area contributed by atoms with E-state index in [-0.39, 0.29) is 5.91 Å². The molecule has 1 amide bonds. The third-order valence-electron chi connectivity index (χ3n) is 3.76. The zero-order valence-corrected chi connectivity index (χ0v) is 17.5. The third-order valence-corrected chi connectivity index (χ3v) is 5.42. The summed E-state index contributed by atoms with van der Waals surface area (Å²) in [5.41, 5.74) is 4.85. The van der Waals surface area contributed by atoms with Crippen molar-refractivity contribution in [2.45, 2.75) is 20.5 Å². The minimum atomic E-state index is -0.274. The van der Waals surface area contributed by atoms with Crippen molar-refractivity contribution < 1.29 is 9.53 Å². The lowest BCUT2D eigenvalue weighted by molar-refractivity contribution is 0.0958. The standard InChI is InChI=1S/C20H17Cl2N3O2S/c1-12-19(28-13(2)24-12)20(26)25-23-10-14-4-3-5-17(8-14)27-11-15-6-7-16(21)9-18(15)22/h3-10H,11H2,1-2H3,(H,25,26)/b23-10+. The number of carbonyl (C=O) groups excluding carboxylic acids is 1. The predicted octanol–water partition coefficient (Wildman–Crippen LogP) is 5.41. The number of aromatic nitrogens is 1. The second-order valence-corrected chi connectivity index (χ2v) is 7.99. The molecule has 28 heavy (non-hydrogen) atoms. The van der Waals surface area contributed by atoms with E-state index in [1.165, 1.54) is 11.3 Å². The molecule has 0 unspecified atom stereocenters. The number of hydrogen-bond acceptors (Lipinski definition) is 5. The first-order chi connectivity index (χ1) is 13.4. The van der Waals surface area contributed by atoms with Crippen LogP contribution in [-0.4, -0.2) is 17.1 Å². The molecule has 0 saturated carbocycles. The van der Waals surface area contributed by atoms with E-state index in [9.17, 15) is 4.79 Å². The minimum absolute atomic E-state index is 0.274. The van der Waals surface area contributed by atoms with Crippen molar-refractivity contribution in [3.63, 3.8) is 0 Å². The number of hydrogen-bond donors (Lipinski definition) is 1. The fourth-order valence-electron chi connectivity index (χ4n) is 2.44. The number of rotatable bonds is 6. The lowest BCUT2D eigenvalue weighted by atomic mass is 10.2. The molecule has 0 spiro atoms. The molecule has 1 heterocycles. The van der Waals surface area contributed by atoms with E-state index in [1.807, 2.05) is 37.3 Å². The summed E-state index contributed by atoms with van der Waals surface area (Å²) in [5.74, 6) is 0.388. The molecule has 5 nitrogen and oxygen atoms in total. The molecule has 3 aromatic rings. The maximum Gasteiger partial charge on any atom is 0.283 e. The van der Waals surface area contributed by atoms with Crippen LogP contribution in [0.25, 0.3) is 0 Å². The number of hydrazone groups is 1. The fraction of sp³-hybridized carbons (Fsp3) is 0.150. The molecule has 1 N–H and O–H groups in total. The van der Waals surface area contributed by atoms with Gasteiger partial charge in [0.2, 0.25) is 0 Å². The monoisotopic (exact) mass is 433 g/mol. The fourth-order valence-corrected chi connectivity index (χ4v) is 3.72. The molecule has 0 aliphatic rings. The summed E-state index contributed by atoms with van der Waals surface area (Å²) in [6, 6.07) is 12.6. The van der Waals surface area contributed by atoms with Gasteiger partial charge in [-0.2, -0.15) is 5.10 Å². The van der Waals surface area contributed by atoms with Gasteiger partial charge >= 0.3 is 0 Å². The van der Waals surface area contributed by atoms with E-state index in [2.05, 4.69) is 15.5 Å². The molecule has 0 atom stereocenters. The van der Waals surface area contributed by atoms with E-state index < -0.39 is 0 Å². The Morgan fingerprint density at radius 3 is 2.79 bits per heavy atom. The maximum atomic E-state index is 12.2. The van der Waals surface area contributed by atoms with Crippen LogP contribution in [0.2, 0.25) is 10.0 Å². The number of amides is 1. The van der Waals surface area contributed by atoms with Gasteiger partial charge in [-0.25, -0.2) is 10.4 Å². The normalized spacial score (nSPS) is 11.0. The number of nitrogens with one attached hydrogen (secondary N) is 1. The molecular formula is C20H17Cl2N3O2S. The summed E-state index contributed by atoms with van der Waals surface area (Å²) >= 11 is 13.4. The number of ether oxygens (including phenoxy) is 1. The van der Waals surface area contributed by atoms with Gasteiger partial charge in [0.05, 0.1) is 16.9 Å². The number of nitrogens with zero attached hydrogens (tertiary/aromatic N) is 2. The minimum Gasteiger partial charge on any atom is -0.489 e. The zero-order chi connectivity index (χ0) is 20.1. The Morgan fingerprint density at radius 2 is 2.07 bits per heavy atom. The molecule has 144 valence electrons. The summed E-state index contributed by atoms with van der Waals surface area (Å²) in [4.78, 5) is 17.0. The Morgan fingerprint density at radius 1 is 1.25 bits per heavy atom. The SMILES string of the molecule is Cc1nc(C)c(C(=O)N/N=C/c2cccc(OCc3ccc(Cl)cc3Cl)c2)s1. The molecule has 0 radical (unpaired) electrons. The Kier molecular flexibility index (Phi) is 6.67. The van der Waals surface area contributed by atoms with Crippen LogP contribution in [0.15, 0.2) is 47.6 Å². The summed E-state index contributed by atoms with van der Waals surface area (Å²) < 4.78 is 5.79.